The van der Waals surface area contributed by atoms with E-state index >= 15 is 0 Å². The summed E-state index contributed by atoms with van der Waals surface area (Å²) in [6.45, 7) is 4.79. The van der Waals surface area contributed by atoms with E-state index in [9.17, 15) is 4.79 Å². The van der Waals surface area contributed by atoms with Gasteiger partial charge >= 0.3 is 0 Å². The lowest BCUT2D eigenvalue weighted by atomic mass is 10.1. The van der Waals surface area contributed by atoms with Crippen LogP contribution in [0.15, 0.2) is 30.3 Å². The van der Waals surface area contributed by atoms with Gasteiger partial charge in [-0.05, 0) is 24.9 Å². The third-order valence-electron chi connectivity index (χ3n) is 3.61. The lowest BCUT2D eigenvalue weighted by Gasteiger charge is -2.20. The van der Waals surface area contributed by atoms with Crippen LogP contribution >= 0.6 is 0 Å². The van der Waals surface area contributed by atoms with Gasteiger partial charge in [-0.3, -0.25) is 9.69 Å². The molecule has 1 unspecified atom stereocenters. The number of rotatable bonds is 7. The Labute approximate surface area is 115 Å². The quantitative estimate of drug-likeness (QED) is 0.777. The van der Waals surface area contributed by atoms with Crippen LogP contribution in [0.3, 0.4) is 0 Å². The SMILES string of the molecule is CCN(CCNC(=O)C(N)c1ccccc1)C1CC1. The smallest absolute Gasteiger partial charge is 0.241 e. The van der Waals surface area contributed by atoms with Crippen molar-refractivity contribution >= 4 is 5.91 Å². The van der Waals surface area contributed by atoms with Gasteiger partial charge in [0, 0.05) is 19.1 Å². The Bertz CT molecular complexity index is 403. The molecule has 0 aliphatic heterocycles. The van der Waals surface area contributed by atoms with E-state index in [0.717, 1.165) is 24.7 Å². The van der Waals surface area contributed by atoms with E-state index in [1.54, 1.807) is 0 Å². The highest BCUT2D eigenvalue weighted by atomic mass is 16.2. The number of hydrogen-bond acceptors (Lipinski definition) is 3. The highest BCUT2D eigenvalue weighted by molar-refractivity contribution is 5.82. The fraction of sp³-hybridized carbons (Fsp3) is 0.533. The van der Waals surface area contributed by atoms with E-state index in [-0.39, 0.29) is 5.91 Å². The Balaban J connectivity index is 1.74. The Hall–Kier alpha value is -1.39. The van der Waals surface area contributed by atoms with Crippen LogP contribution in [0.25, 0.3) is 0 Å². The minimum Gasteiger partial charge on any atom is -0.353 e. The van der Waals surface area contributed by atoms with Crippen LogP contribution in [0.2, 0.25) is 0 Å². The predicted molar refractivity (Wildman–Crippen MR) is 76.6 cm³/mol. The second-order valence-electron chi connectivity index (χ2n) is 5.04. The van der Waals surface area contributed by atoms with E-state index in [1.165, 1.54) is 12.8 Å². The molecule has 4 heteroatoms. The summed E-state index contributed by atoms with van der Waals surface area (Å²) in [5.74, 6) is -0.0990. The maximum Gasteiger partial charge on any atom is 0.241 e. The van der Waals surface area contributed by atoms with E-state index in [0.29, 0.717) is 6.54 Å². The zero-order chi connectivity index (χ0) is 13.7. The second-order valence-corrected chi connectivity index (χ2v) is 5.04. The molecule has 0 radical (unpaired) electrons. The number of nitrogens with two attached hydrogens (primary N) is 1. The van der Waals surface area contributed by atoms with Gasteiger partial charge in [0.05, 0.1) is 0 Å². The number of likely N-dealkylation sites (N-methyl/N-ethyl adjacent to an activating group) is 1. The van der Waals surface area contributed by atoms with Crippen molar-refractivity contribution in [3.8, 4) is 0 Å². The molecule has 1 atom stereocenters. The standard InChI is InChI=1S/C15H23N3O/c1-2-18(13-8-9-13)11-10-17-15(19)14(16)12-6-4-3-5-7-12/h3-7,13-14H,2,8-11,16H2,1H3,(H,17,19). The van der Waals surface area contributed by atoms with Gasteiger partial charge in [-0.2, -0.15) is 0 Å². The van der Waals surface area contributed by atoms with Gasteiger partial charge in [0.25, 0.3) is 0 Å². The zero-order valence-corrected chi connectivity index (χ0v) is 11.5. The number of benzene rings is 1. The average Bonchev–Trinajstić information content (AvgIpc) is 3.28. The summed E-state index contributed by atoms with van der Waals surface area (Å²) in [6, 6.07) is 9.65. The van der Waals surface area contributed by atoms with Gasteiger partial charge in [0.1, 0.15) is 6.04 Å². The summed E-state index contributed by atoms with van der Waals surface area (Å²) in [6.07, 6.45) is 2.59. The van der Waals surface area contributed by atoms with Crippen LogP contribution in [-0.2, 0) is 4.79 Å². The average molecular weight is 261 g/mol. The van der Waals surface area contributed by atoms with E-state index < -0.39 is 6.04 Å². The molecule has 3 N–H and O–H groups in total. The number of carbonyl (C=O) groups excluding carboxylic acids is 1. The summed E-state index contributed by atoms with van der Waals surface area (Å²) < 4.78 is 0. The first-order valence-electron chi connectivity index (χ1n) is 7.04. The molecule has 0 saturated heterocycles. The molecule has 2 rings (SSSR count). The Morgan fingerprint density at radius 2 is 2.11 bits per heavy atom. The zero-order valence-electron chi connectivity index (χ0n) is 11.5. The molecule has 1 aliphatic carbocycles. The Morgan fingerprint density at radius 3 is 2.68 bits per heavy atom. The van der Waals surface area contributed by atoms with Gasteiger partial charge in [-0.25, -0.2) is 0 Å². The van der Waals surface area contributed by atoms with Crippen LogP contribution < -0.4 is 11.1 Å². The van der Waals surface area contributed by atoms with Crippen molar-refractivity contribution in [3.05, 3.63) is 35.9 Å². The highest BCUT2D eigenvalue weighted by Gasteiger charge is 2.27. The predicted octanol–water partition coefficient (Wildman–Crippen LogP) is 1.29. The molecule has 0 bridgehead atoms. The first kappa shape index (κ1) is 14.0. The summed E-state index contributed by atoms with van der Waals surface area (Å²) in [5, 5.41) is 2.92. The number of nitrogens with zero attached hydrogens (tertiary/aromatic N) is 1. The molecule has 1 amide bonds. The molecule has 1 saturated carbocycles. The van der Waals surface area contributed by atoms with Crippen LogP contribution in [0, 0.1) is 0 Å². The molecule has 1 fully saturated rings. The Kier molecular flexibility index (Phi) is 4.93. The van der Waals surface area contributed by atoms with Crippen molar-refractivity contribution < 1.29 is 4.79 Å². The van der Waals surface area contributed by atoms with Crippen molar-refractivity contribution in [2.75, 3.05) is 19.6 Å². The number of nitrogens with one attached hydrogen (secondary N) is 1. The summed E-state index contributed by atoms with van der Waals surface area (Å²) in [5.41, 5.74) is 6.79. The fourth-order valence-corrected chi connectivity index (χ4v) is 2.28. The lowest BCUT2D eigenvalue weighted by molar-refractivity contribution is -0.122. The third-order valence-corrected chi connectivity index (χ3v) is 3.61. The minimum absolute atomic E-state index is 0.0990. The third kappa shape index (κ3) is 4.04. The highest BCUT2D eigenvalue weighted by Crippen LogP contribution is 2.25. The summed E-state index contributed by atoms with van der Waals surface area (Å²) in [7, 11) is 0. The van der Waals surface area contributed by atoms with Crippen molar-refractivity contribution in [2.45, 2.75) is 31.8 Å². The molecule has 104 valence electrons. The van der Waals surface area contributed by atoms with Gasteiger partial charge in [0.15, 0.2) is 0 Å². The number of amides is 1. The fourth-order valence-electron chi connectivity index (χ4n) is 2.28. The summed E-state index contributed by atoms with van der Waals surface area (Å²) >= 11 is 0. The molecule has 1 aromatic rings. The second kappa shape index (κ2) is 6.68. The van der Waals surface area contributed by atoms with Crippen LogP contribution in [0.5, 0.6) is 0 Å². The van der Waals surface area contributed by atoms with Gasteiger partial charge < -0.3 is 11.1 Å². The summed E-state index contributed by atoms with van der Waals surface area (Å²) in [4.78, 5) is 14.4. The topological polar surface area (TPSA) is 58.4 Å². The van der Waals surface area contributed by atoms with Gasteiger partial charge in [-0.1, -0.05) is 37.3 Å². The molecule has 0 spiro atoms. The molecule has 1 aromatic carbocycles. The lowest BCUT2D eigenvalue weighted by Crippen LogP contribution is -2.39. The van der Waals surface area contributed by atoms with Gasteiger partial charge in [0.2, 0.25) is 5.91 Å². The van der Waals surface area contributed by atoms with Crippen LogP contribution in [0.4, 0.5) is 0 Å². The monoisotopic (exact) mass is 261 g/mol. The molecule has 19 heavy (non-hydrogen) atoms. The maximum absolute atomic E-state index is 11.9. The molecule has 0 heterocycles. The molecular weight excluding hydrogens is 238 g/mol. The van der Waals surface area contributed by atoms with Crippen molar-refractivity contribution in [2.24, 2.45) is 5.73 Å². The van der Waals surface area contributed by atoms with E-state index in [4.69, 9.17) is 5.73 Å². The van der Waals surface area contributed by atoms with E-state index in [2.05, 4.69) is 17.1 Å². The number of carbonyl (C=O) groups is 1. The van der Waals surface area contributed by atoms with Crippen molar-refractivity contribution in [1.29, 1.82) is 0 Å². The van der Waals surface area contributed by atoms with Crippen LogP contribution in [-0.4, -0.2) is 36.5 Å². The molecule has 1 aliphatic rings. The Morgan fingerprint density at radius 1 is 1.42 bits per heavy atom. The molecule has 4 nitrogen and oxygen atoms in total. The first-order valence-corrected chi connectivity index (χ1v) is 7.04. The maximum atomic E-state index is 11.9. The first-order chi connectivity index (χ1) is 9.22. The normalized spacial score (nSPS) is 16.4. The van der Waals surface area contributed by atoms with Crippen LogP contribution in [0.1, 0.15) is 31.4 Å². The largest absolute Gasteiger partial charge is 0.353 e. The van der Waals surface area contributed by atoms with Crippen molar-refractivity contribution in [3.63, 3.8) is 0 Å². The molecular formula is C15H23N3O. The molecule has 0 aromatic heterocycles. The van der Waals surface area contributed by atoms with Gasteiger partial charge in [-0.15, -0.1) is 0 Å². The van der Waals surface area contributed by atoms with E-state index in [1.807, 2.05) is 30.3 Å². The van der Waals surface area contributed by atoms with Crippen molar-refractivity contribution in [1.82, 2.24) is 10.2 Å². The number of hydrogen-bond donors (Lipinski definition) is 2. The minimum atomic E-state index is -0.572.